The second kappa shape index (κ2) is 6.62. The van der Waals surface area contributed by atoms with E-state index in [1.54, 1.807) is 0 Å². The summed E-state index contributed by atoms with van der Waals surface area (Å²) in [5.41, 5.74) is 1.44. The fourth-order valence-corrected chi connectivity index (χ4v) is 1.94. The van der Waals surface area contributed by atoms with Crippen LogP contribution in [0, 0.1) is 12.5 Å². The molecule has 0 aliphatic carbocycles. The Morgan fingerprint density at radius 1 is 1.20 bits per heavy atom. The third kappa shape index (κ3) is 4.98. The van der Waals surface area contributed by atoms with Gasteiger partial charge in [0, 0.05) is 6.54 Å². The average molecular weight is 204 g/mol. The van der Waals surface area contributed by atoms with Gasteiger partial charge >= 0.3 is 0 Å². The largest absolute Gasteiger partial charge is 0.305 e. The van der Waals surface area contributed by atoms with E-state index < -0.39 is 0 Å². The number of nitrogens with zero attached hydrogens (tertiary/aromatic N) is 1. The van der Waals surface area contributed by atoms with Gasteiger partial charge in [-0.05, 0) is 38.4 Å². The van der Waals surface area contributed by atoms with Crippen LogP contribution in [0.4, 0.5) is 0 Å². The topological polar surface area (TPSA) is 3.24 Å². The van der Waals surface area contributed by atoms with Crippen molar-refractivity contribution in [2.24, 2.45) is 5.92 Å². The summed E-state index contributed by atoms with van der Waals surface area (Å²) in [6.45, 7) is 4.58. The Kier molecular flexibility index (Phi) is 5.41. The Morgan fingerprint density at radius 3 is 2.40 bits per heavy atom. The number of hydrogen-bond acceptors (Lipinski definition) is 1. The van der Waals surface area contributed by atoms with Crippen molar-refractivity contribution in [2.45, 2.75) is 26.2 Å². The van der Waals surface area contributed by atoms with Gasteiger partial charge in [0.25, 0.3) is 0 Å². The van der Waals surface area contributed by atoms with E-state index in [2.05, 4.69) is 62.8 Å². The van der Waals surface area contributed by atoms with Gasteiger partial charge in [0.2, 0.25) is 0 Å². The maximum atomic E-state index is 2.33. The van der Waals surface area contributed by atoms with Crippen molar-refractivity contribution in [3.05, 3.63) is 42.4 Å². The Morgan fingerprint density at radius 2 is 1.87 bits per heavy atom. The van der Waals surface area contributed by atoms with E-state index in [0.717, 1.165) is 6.42 Å². The summed E-state index contributed by atoms with van der Waals surface area (Å²) >= 11 is 0. The van der Waals surface area contributed by atoms with Crippen molar-refractivity contribution < 1.29 is 0 Å². The van der Waals surface area contributed by atoms with E-state index in [9.17, 15) is 0 Å². The zero-order valence-corrected chi connectivity index (χ0v) is 10.1. The average Bonchev–Trinajstić information content (AvgIpc) is 2.18. The van der Waals surface area contributed by atoms with Crippen LogP contribution in [0.3, 0.4) is 0 Å². The summed E-state index contributed by atoms with van der Waals surface area (Å²) in [5.74, 6) is 0.674. The Hall–Kier alpha value is -0.820. The van der Waals surface area contributed by atoms with Crippen molar-refractivity contribution in [3.8, 4) is 0 Å². The molecule has 1 radical (unpaired) electrons. The van der Waals surface area contributed by atoms with Crippen LogP contribution in [0.15, 0.2) is 30.3 Å². The molecule has 1 aromatic rings. The fourth-order valence-electron chi connectivity index (χ4n) is 1.94. The normalized spacial score (nSPS) is 13.1. The molecule has 1 heteroatoms. The number of rotatable bonds is 6. The molecule has 1 atom stereocenters. The van der Waals surface area contributed by atoms with Crippen LogP contribution in [0.5, 0.6) is 0 Å². The Bertz CT molecular complexity index is 253. The molecule has 1 aromatic carbocycles. The van der Waals surface area contributed by atoms with E-state index in [0.29, 0.717) is 5.92 Å². The van der Waals surface area contributed by atoms with Crippen LogP contribution in [-0.4, -0.2) is 19.0 Å². The van der Waals surface area contributed by atoms with Crippen molar-refractivity contribution in [2.75, 3.05) is 14.1 Å². The molecular formula is C14H22N. The SMILES string of the molecule is CCCC([CH]N(C)C)Cc1ccccc1. The molecule has 0 heterocycles. The third-order valence-corrected chi connectivity index (χ3v) is 2.51. The van der Waals surface area contributed by atoms with Gasteiger partial charge in [-0.2, -0.15) is 0 Å². The lowest BCUT2D eigenvalue weighted by Crippen LogP contribution is -2.17. The lowest BCUT2D eigenvalue weighted by Gasteiger charge is -2.19. The number of hydrogen-bond donors (Lipinski definition) is 0. The van der Waals surface area contributed by atoms with Crippen molar-refractivity contribution >= 4 is 0 Å². The van der Waals surface area contributed by atoms with Gasteiger partial charge in [-0.25, -0.2) is 0 Å². The minimum absolute atomic E-state index is 0.674. The van der Waals surface area contributed by atoms with Crippen LogP contribution < -0.4 is 0 Å². The van der Waals surface area contributed by atoms with Gasteiger partial charge < -0.3 is 4.90 Å². The van der Waals surface area contributed by atoms with Gasteiger partial charge in [0.15, 0.2) is 0 Å². The zero-order chi connectivity index (χ0) is 11.1. The van der Waals surface area contributed by atoms with Crippen LogP contribution in [-0.2, 0) is 6.42 Å². The van der Waals surface area contributed by atoms with E-state index in [1.807, 2.05) is 0 Å². The van der Waals surface area contributed by atoms with Crippen molar-refractivity contribution in [1.82, 2.24) is 4.90 Å². The highest BCUT2D eigenvalue weighted by Gasteiger charge is 2.10. The zero-order valence-electron chi connectivity index (χ0n) is 10.1. The Labute approximate surface area is 94.1 Å². The molecule has 0 amide bonds. The predicted molar refractivity (Wildman–Crippen MR) is 66.5 cm³/mol. The lowest BCUT2D eigenvalue weighted by molar-refractivity contribution is 0.383. The molecule has 0 saturated heterocycles. The molecule has 0 spiro atoms. The second-order valence-electron chi connectivity index (χ2n) is 4.35. The first kappa shape index (κ1) is 12.3. The van der Waals surface area contributed by atoms with E-state index in [1.165, 1.54) is 18.4 Å². The molecule has 83 valence electrons. The molecule has 0 aliphatic heterocycles. The van der Waals surface area contributed by atoms with Crippen LogP contribution in [0.2, 0.25) is 0 Å². The van der Waals surface area contributed by atoms with Crippen molar-refractivity contribution in [3.63, 3.8) is 0 Å². The first-order valence-electron chi connectivity index (χ1n) is 5.77. The summed E-state index contributed by atoms with van der Waals surface area (Å²) in [4.78, 5) is 2.17. The van der Waals surface area contributed by atoms with Crippen molar-refractivity contribution in [1.29, 1.82) is 0 Å². The smallest absolute Gasteiger partial charge is 0.0279 e. The first-order valence-corrected chi connectivity index (χ1v) is 5.77. The summed E-state index contributed by atoms with van der Waals surface area (Å²) in [7, 11) is 4.21. The summed E-state index contributed by atoms with van der Waals surface area (Å²) in [5, 5.41) is 0. The highest BCUT2D eigenvalue weighted by atomic mass is 15.1. The minimum Gasteiger partial charge on any atom is -0.305 e. The van der Waals surface area contributed by atoms with Gasteiger partial charge in [-0.3, -0.25) is 0 Å². The van der Waals surface area contributed by atoms with Gasteiger partial charge in [0.1, 0.15) is 0 Å². The highest BCUT2D eigenvalue weighted by Crippen LogP contribution is 2.17. The molecule has 0 fully saturated rings. The lowest BCUT2D eigenvalue weighted by atomic mass is 9.95. The molecule has 0 saturated carbocycles. The quantitative estimate of drug-likeness (QED) is 0.686. The molecule has 15 heavy (non-hydrogen) atoms. The molecule has 0 aromatic heterocycles. The van der Waals surface area contributed by atoms with E-state index in [-0.39, 0.29) is 0 Å². The first-order chi connectivity index (χ1) is 7.22. The molecule has 0 bridgehead atoms. The standard InChI is InChI=1S/C14H22N/c1-4-8-14(12-15(2)3)11-13-9-6-5-7-10-13/h5-7,9-10,12,14H,4,8,11H2,1-3H3. The Balaban J connectivity index is 2.50. The van der Waals surface area contributed by atoms with Gasteiger partial charge in [0.05, 0.1) is 0 Å². The monoisotopic (exact) mass is 204 g/mol. The second-order valence-corrected chi connectivity index (χ2v) is 4.35. The summed E-state index contributed by atoms with van der Waals surface area (Å²) < 4.78 is 0. The number of benzene rings is 1. The minimum atomic E-state index is 0.674. The summed E-state index contributed by atoms with van der Waals surface area (Å²) in [6.07, 6.45) is 3.68. The van der Waals surface area contributed by atoms with E-state index >= 15 is 0 Å². The maximum Gasteiger partial charge on any atom is 0.0279 e. The molecule has 0 aliphatic rings. The van der Waals surface area contributed by atoms with Crippen LogP contribution >= 0.6 is 0 Å². The fraction of sp³-hybridized carbons (Fsp3) is 0.500. The molecule has 1 unspecified atom stereocenters. The maximum absolute atomic E-state index is 2.33. The van der Waals surface area contributed by atoms with Crippen LogP contribution in [0.1, 0.15) is 25.3 Å². The van der Waals surface area contributed by atoms with Gasteiger partial charge in [-0.15, -0.1) is 0 Å². The van der Waals surface area contributed by atoms with E-state index in [4.69, 9.17) is 0 Å². The third-order valence-electron chi connectivity index (χ3n) is 2.51. The molecular weight excluding hydrogens is 182 g/mol. The molecule has 1 nitrogen and oxygen atoms in total. The predicted octanol–water partition coefficient (Wildman–Crippen LogP) is 3.37. The molecule has 1 rings (SSSR count). The van der Waals surface area contributed by atoms with Crippen LogP contribution in [0.25, 0.3) is 0 Å². The molecule has 0 N–H and O–H groups in total. The summed E-state index contributed by atoms with van der Waals surface area (Å²) in [6, 6.07) is 10.7. The highest BCUT2D eigenvalue weighted by molar-refractivity contribution is 5.15. The van der Waals surface area contributed by atoms with Gasteiger partial charge in [-0.1, -0.05) is 43.7 Å².